The first-order valence-corrected chi connectivity index (χ1v) is 5.92. The lowest BCUT2D eigenvalue weighted by Gasteiger charge is -2.23. The number of hydrogen-bond donors (Lipinski definition) is 1. The topological polar surface area (TPSA) is 40.5 Å². The highest BCUT2D eigenvalue weighted by Crippen LogP contribution is 2.22. The molecule has 0 aromatic heterocycles. The molecule has 18 heavy (non-hydrogen) atoms. The minimum Gasteiger partial charge on any atom is -0.394 e. The smallest absolute Gasteiger partial charge is 0.257 e. The van der Waals surface area contributed by atoms with Crippen LogP contribution in [0.3, 0.4) is 0 Å². The zero-order chi connectivity index (χ0) is 13.3. The van der Waals surface area contributed by atoms with Gasteiger partial charge in [-0.3, -0.25) is 4.79 Å². The Morgan fingerprint density at radius 1 is 1.44 bits per heavy atom. The minimum atomic E-state index is -0.855. The van der Waals surface area contributed by atoms with Crippen molar-refractivity contribution >= 4 is 5.91 Å². The van der Waals surface area contributed by atoms with Gasteiger partial charge in [0.1, 0.15) is 11.6 Å². The van der Waals surface area contributed by atoms with Crippen molar-refractivity contribution in [3.05, 3.63) is 34.9 Å². The van der Waals surface area contributed by atoms with Crippen molar-refractivity contribution in [3.8, 4) is 0 Å². The molecule has 5 heteroatoms. The Balaban J connectivity index is 2.31. The molecule has 1 heterocycles. The van der Waals surface area contributed by atoms with Crippen molar-refractivity contribution in [3.63, 3.8) is 0 Å². The predicted molar refractivity (Wildman–Crippen MR) is 62.2 cm³/mol. The summed E-state index contributed by atoms with van der Waals surface area (Å²) in [6.45, 7) is 1.85. The Morgan fingerprint density at radius 2 is 2.17 bits per heavy atom. The summed E-state index contributed by atoms with van der Waals surface area (Å²) in [6.07, 6.45) is 1.50. The zero-order valence-corrected chi connectivity index (χ0v) is 10.1. The molecule has 0 unspecified atom stereocenters. The molecule has 0 radical (unpaired) electrons. The Kier molecular flexibility index (Phi) is 3.61. The molecular weight excluding hydrogens is 240 g/mol. The van der Waals surface area contributed by atoms with Crippen LogP contribution in [0.25, 0.3) is 0 Å². The minimum absolute atomic E-state index is 0.130. The number of aliphatic hydroxyl groups excluding tert-OH is 1. The fourth-order valence-corrected chi connectivity index (χ4v) is 2.27. The molecule has 1 saturated heterocycles. The molecule has 3 nitrogen and oxygen atoms in total. The standard InChI is InChI=1S/C13H15F2NO2/c1-8-5-10(12(15)6-11(8)14)13(18)16-4-2-3-9(16)7-17/h5-6,9,17H,2-4,7H2,1H3/t9-/m1/s1. The molecule has 1 N–H and O–H groups in total. The van der Waals surface area contributed by atoms with E-state index in [9.17, 15) is 13.6 Å². The second-order valence-electron chi connectivity index (χ2n) is 4.56. The molecule has 1 aromatic rings. The fourth-order valence-electron chi connectivity index (χ4n) is 2.27. The molecule has 2 rings (SSSR count). The van der Waals surface area contributed by atoms with Crippen LogP contribution in [-0.4, -0.2) is 35.1 Å². The van der Waals surface area contributed by atoms with Crippen LogP contribution in [0.5, 0.6) is 0 Å². The monoisotopic (exact) mass is 255 g/mol. The first-order chi connectivity index (χ1) is 8.54. The first-order valence-electron chi connectivity index (χ1n) is 5.92. The fraction of sp³-hybridized carbons (Fsp3) is 0.462. The molecule has 1 atom stereocenters. The van der Waals surface area contributed by atoms with E-state index in [-0.39, 0.29) is 23.8 Å². The normalized spacial score (nSPS) is 19.3. The van der Waals surface area contributed by atoms with Gasteiger partial charge < -0.3 is 10.0 Å². The third kappa shape index (κ3) is 2.22. The quantitative estimate of drug-likeness (QED) is 0.876. The summed E-state index contributed by atoms with van der Waals surface area (Å²) >= 11 is 0. The Labute approximate surface area is 104 Å². The number of likely N-dealkylation sites (tertiary alicyclic amines) is 1. The van der Waals surface area contributed by atoms with E-state index in [2.05, 4.69) is 0 Å². The average molecular weight is 255 g/mol. The van der Waals surface area contributed by atoms with Crippen LogP contribution in [0.4, 0.5) is 8.78 Å². The van der Waals surface area contributed by atoms with Gasteiger partial charge in [0.2, 0.25) is 0 Å². The Bertz CT molecular complexity index is 476. The molecule has 98 valence electrons. The van der Waals surface area contributed by atoms with Gasteiger partial charge >= 0.3 is 0 Å². The van der Waals surface area contributed by atoms with Gasteiger partial charge in [0.15, 0.2) is 0 Å². The van der Waals surface area contributed by atoms with E-state index >= 15 is 0 Å². The number of rotatable bonds is 2. The van der Waals surface area contributed by atoms with Gasteiger partial charge in [0.25, 0.3) is 5.91 Å². The summed E-state index contributed by atoms with van der Waals surface area (Å²) in [7, 11) is 0. The average Bonchev–Trinajstić information content (AvgIpc) is 2.81. The maximum Gasteiger partial charge on any atom is 0.257 e. The summed E-state index contributed by atoms with van der Waals surface area (Å²) < 4.78 is 26.8. The second-order valence-corrected chi connectivity index (χ2v) is 4.56. The van der Waals surface area contributed by atoms with Crippen molar-refractivity contribution < 1.29 is 18.7 Å². The molecule has 0 aliphatic carbocycles. The van der Waals surface area contributed by atoms with E-state index in [1.165, 1.54) is 17.9 Å². The van der Waals surface area contributed by atoms with Crippen molar-refractivity contribution in [2.75, 3.05) is 13.2 Å². The van der Waals surface area contributed by atoms with E-state index in [4.69, 9.17) is 5.11 Å². The zero-order valence-electron chi connectivity index (χ0n) is 10.1. The number of aliphatic hydroxyl groups is 1. The number of benzene rings is 1. The largest absolute Gasteiger partial charge is 0.394 e. The Hall–Kier alpha value is -1.49. The molecule has 1 aliphatic rings. The van der Waals surface area contributed by atoms with Gasteiger partial charge in [-0.2, -0.15) is 0 Å². The number of halogens is 2. The summed E-state index contributed by atoms with van der Waals surface area (Å²) in [5, 5.41) is 9.15. The van der Waals surface area contributed by atoms with Crippen molar-refractivity contribution in [1.29, 1.82) is 0 Å². The number of aryl methyl sites for hydroxylation is 1. The van der Waals surface area contributed by atoms with Gasteiger partial charge in [0, 0.05) is 12.6 Å². The number of amides is 1. The number of nitrogens with zero attached hydrogens (tertiary/aromatic N) is 1. The van der Waals surface area contributed by atoms with Gasteiger partial charge in [-0.25, -0.2) is 8.78 Å². The highest BCUT2D eigenvalue weighted by molar-refractivity contribution is 5.95. The lowest BCUT2D eigenvalue weighted by molar-refractivity contribution is 0.0672. The van der Waals surface area contributed by atoms with Crippen LogP contribution in [0.15, 0.2) is 12.1 Å². The van der Waals surface area contributed by atoms with Crippen LogP contribution < -0.4 is 0 Å². The van der Waals surface area contributed by atoms with Crippen molar-refractivity contribution in [2.24, 2.45) is 0 Å². The number of carbonyl (C=O) groups excluding carboxylic acids is 1. The van der Waals surface area contributed by atoms with Gasteiger partial charge in [0.05, 0.1) is 18.2 Å². The predicted octanol–water partition coefficient (Wildman–Crippen LogP) is 1.87. The molecule has 1 fully saturated rings. The molecule has 0 saturated carbocycles. The van der Waals surface area contributed by atoms with Crippen molar-refractivity contribution in [2.45, 2.75) is 25.8 Å². The first kappa shape index (κ1) is 13.0. The molecule has 0 bridgehead atoms. The molecular formula is C13H15F2NO2. The third-order valence-corrected chi connectivity index (χ3v) is 3.33. The molecule has 1 amide bonds. The molecule has 1 aliphatic heterocycles. The van der Waals surface area contributed by atoms with Crippen LogP contribution in [0.1, 0.15) is 28.8 Å². The number of hydrogen-bond acceptors (Lipinski definition) is 2. The van der Waals surface area contributed by atoms with E-state index in [1.807, 2.05) is 0 Å². The third-order valence-electron chi connectivity index (χ3n) is 3.33. The maximum atomic E-state index is 13.6. The molecule has 1 aromatic carbocycles. The van der Waals surface area contributed by atoms with Gasteiger partial charge in [-0.05, 0) is 31.4 Å². The van der Waals surface area contributed by atoms with E-state index < -0.39 is 17.5 Å². The maximum absolute atomic E-state index is 13.6. The highest BCUT2D eigenvalue weighted by Gasteiger charge is 2.30. The summed E-state index contributed by atoms with van der Waals surface area (Å²) in [5.41, 5.74) is 0.105. The van der Waals surface area contributed by atoms with Crippen molar-refractivity contribution in [1.82, 2.24) is 4.90 Å². The highest BCUT2D eigenvalue weighted by atomic mass is 19.1. The van der Waals surface area contributed by atoms with Crippen LogP contribution in [-0.2, 0) is 0 Å². The molecule has 0 spiro atoms. The van der Waals surface area contributed by atoms with E-state index in [1.54, 1.807) is 0 Å². The Morgan fingerprint density at radius 3 is 2.83 bits per heavy atom. The summed E-state index contributed by atoms with van der Waals surface area (Å²) in [4.78, 5) is 13.6. The lowest BCUT2D eigenvalue weighted by atomic mass is 10.1. The van der Waals surface area contributed by atoms with Gasteiger partial charge in [-0.15, -0.1) is 0 Å². The van der Waals surface area contributed by atoms with E-state index in [0.29, 0.717) is 13.0 Å². The SMILES string of the molecule is Cc1cc(C(=O)N2CCC[C@@H]2CO)c(F)cc1F. The second kappa shape index (κ2) is 5.02. The van der Waals surface area contributed by atoms with Crippen LogP contribution in [0.2, 0.25) is 0 Å². The summed E-state index contributed by atoms with van der Waals surface area (Å²) in [6, 6.07) is 1.69. The number of carbonyl (C=O) groups is 1. The van der Waals surface area contributed by atoms with Gasteiger partial charge in [-0.1, -0.05) is 0 Å². The van der Waals surface area contributed by atoms with Crippen LogP contribution >= 0.6 is 0 Å². The lowest BCUT2D eigenvalue weighted by Crippen LogP contribution is -2.38. The van der Waals surface area contributed by atoms with E-state index in [0.717, 1.165) is 12.5 Å². The summed E-state index contributed by atoms with van der Waals surface area (Å²) in [5.74, 6) is -2.00. The van der Waals surface area contributed by atoms with Crippen LogP contribution in [0, 0.1) is 18.6 Å².